The van der Waals surface area contributed by atoms with Crippen LogP contribution in [0.1, 0.15) is 30.0 Å². The molecular formula is C19H26N4O. The van der Waals surface area contributed by atoms with Gasteiger partial charge in [0.1, 0.15) is 0 Å². The fourth-order valence-corrected chi connectivity index (χ4v) is 3.53. The Balaban J connectivity index is 1.75. The summed E-state index contributed by atoms with van der Waals surface area (Å²) in [6.07, 6.45) is 4.96. The third-order valence-electron chi connectivity index (χ3n) is 4.74. The lowest BCUT2D eigenvalue weighted by atomic mass is 10.0. The molecule has 1 saturated heterocycles. The van der Waals surface area contributed by atoms with Crippen LogP contribution in [-0.2, 0) is 11.3 Å². The first-order chi connectivity index (χ1) is 11.5. The SMILES string of the molecule is CC(=O)NC[C@@H]1CCN(Cc2c(C)cc(C)cc2-n2cccn2)C1. The van der Waals surface area contributed by atoms with E-state index in [-0.39, 0.29) is 5.91 Å². The van der Waals surface area contributed by atoms with Crippen LogP contribution in [0.25, 0.3) is 5.69 Å². The molecule has 1 N–H and O–H groups in total. The lowest BCUT2D eigenvalue weighted by Gasteiger charge is -2.21. The van der Waals surface area contributed by atoms with Crippen LogP contribution in [0.3, 0.4) is 0 Å². The molecule has 0 saturated carbocycles. The van der Waals surface area contributed by atoms with Crippen molar-refractivity contribution in [3.8, 4) is 5.69 Å². The number of benzene rings is 1. The summed E-state index contributed by atoms with van der Waals surface area (Å²) in [6.45, 7) is 9.72. The Labute approximate surface area is 143 Å². The van der Waals surface area contributed by atoms with Crippen molar-refractivity contribution >= 4 is 5.91 Å². The van der Waals surface area contributed by atoms with Crippen molar-refractivity contribution in [3.05, 3.63) is 47.3 Å². The van der Waals surface area contributed by atoms with Crippen molar-refractivity contribution in [2.24, 2.45) is 5.92 Å². The molecule has 24 heavy (non-hydrogen) atoms. The molecule has 1 amide bonds. The zero-order valence-electron chi connectivity index (χ0n) is 14.7. The van der Waals surface area contributed by atoms with E-state index in [1.165, 1.54) is 22.4 Å². The highest BCUT2D eigenvalue weighted by Crippen LogP contribution is 2.25. The van der Waals surface area contributed by atoms with Crippen molar-refractivity contribution in [1.29, 1.82) is 0 Å². The predicted octanol–water partition coefficient (Wildman–Crippen LogP) is 2.45. The molecule has 1 atom stereocenters. The van der Waals surface area contributed by atoms with E-state index in [2.05, 4.69) is 41.3 Å². The average Bonchev–Trinajstić information content (AvgIpc) is 3.19. The number of aromatic nitrogens is 2. The van der Waals surface area contributed by atoms with E-state index in [0.717, 1.165) is 32.6 Å². The van der Waals surface area contributed by atoms with Gasteiger partial charge in [0.2, 0.25) is 5.91 Å². The number of hydrogen-bond donors (Lipinski definition) is 1. The van der Waals surface area contributed by atoms with Gasteiger partial charge < -0.3 is 5.32 Å². The second kappa shape index (κ2) is 7.18. The van der Waals surface area contributed by atoms with E-state index in [1.54, 1.807) is 6.92 Å². The lowest BCUT2D eigenvalue weighted by Crippen LogP contribution is -2.29. The summed E-state index contributed by atoms with van der Waals surface area (Å²) in [7, 11) is 0. The van der Waals surface area contributed by atoms with Crippen LogP contribution in [0.2, 0.25) is 0 Å². The van der Waals surface area contributed by atoms with E-state index >= 15 is 0 Å². The maximum Gasteiger partial charge on any atom is 0.216 e. The van der Waals surface area contributed by atoms with Gasteiger partial charge in [-0.2, -0.15) is 5.10 Å². The van der Waals surface area contributed by atoms with Crippen LogP contribution in [0.15, 0.2) is 30.6 Å². The number of carbonyl (C=O) groups excluding carboxylic acids is 1. The fourth-order valence-electron chi connectivity index (χ4n) is 3.53. The number of rotatable bonds is 5. The molecule has 2 heterocycles. The van der Waals surface area contributed by atoms with Crippen LogP contribution in [0.4, 0.5) is 0 Å². The molecule has 0 spiro atoms. The summed E-state index contributed by atoms with van der Waals surface area (Å²) in [5.74, 6) is 0.608. The summed E-state index contributed by atoms with van der Waals surface area (Å²) in [6, 6.07) is 6.41. The molecule has 2 aromatic rings. The number of amides is 1. The predicted molar refractivity (Wildman–Crippen MR) is 95.1 cm³/mol. The highest BCUT2D eigenvalue weighted by Gasteiger charge is 2.24. The highest BCUT2D eigenvalue weighted by atomic mass is 16.1. The summed E-state index contributed by atoms with van der Waals surface area (Å²) in [5, 5.41) is 7.36. The average molecular weight is 326 g/mol. The number of hydrogen-bond acceptors (Lipinski definition) is 3. The van der Waals surface area contributed by atoms with Gasteiger partial charge >= 0.3 is 0 Å². The molecule has 5 heteroatoms. The molecule has 0 radical (unpaired) electrons. The maximum absolute atomic E-state index is 11.1. The maximum atomic E-state index is 11.1. The molecule has 0 unspecified atom stereocenters. The third-order valence-corrected chi connectivity index (χ3v) is 4.74. The number of carbonyl (C=O) groups is 1. The third kappa shape index (κ3) is 3.85. The molecular weight excluding hydrogens is 300 g/mol. The van der Waals surface area contributed by atoms with Gasteiger partial charge in [0, 0.05) is 39.0 Å². The van der Waals surface area contributed by atoms with Gasteiger partial charge in [0.25, 0.3) is 0 Å². The monoisotopic (exact) mass is 326 g/mol. The Bertz CT molecular complexity index is 708. The van der Waals surface area contributed by atoms with Crippen LogP contribution >= 0.6 is 0 Å². The minimum absolute atomic E-state index is 0.0591. The molecule has 128 valence electrons. The first kappa shape index (κ1) is 16.7. The van der Waals surface area contributed by atoms with Gasteiger partial charge in [0.05, 0.1) is 5.69 Å². The highest BCUT2D eigenvalue weighted by molar-refractivity contribution is 5.72. The van der Waals surface area contributed by atoms with Gasteiger partial charge in [-0.15, -0.1) is 0 Å². The summed E-state index contributed by atoms with van der Waals surface area (Å²) in [4.78, 5) is 13.6. The molecule has 1 aromatic heterocycles. The summed E-state index contributed by atoms with van der Waals surface area (Å²) >= 11 is 0. The summed E-state index contributed by atoms with van der Waals surface area (Å²) < 4.78 is 1.96. The topological polar surface area (TPSA) is 50.2 Å². The molecule has 0 bridgehead atoms. The van der Waals surface area contributed by atoms with Crippen LogP contribution in [0, 0.1) is 19.8 Å². The quantitative estimate of drug-likeness (QED) is 0.918. The number of aryl methyl sites for hydroxylation is 2. The normalized spacial score (nSPS) is 18.0. The van der Waals surface area contributed by atoms with E-state index in [1.807, 2.05) is 23.1 Å². The number of nitrogens with zero attached hydrogens (tertiary/aromatic N) is 3. The number of nitrogens with one attached hydrogen (secondary N) is 1. The van der Waals surface area contributed by atoms with Crippen LogP contribution in [-0.4, -0.2) is 40.2 Å². The van der Waals surface area contributed by atoms with Crippen molar-refractivity contribution in [2.45, 2.75) is 33.7 Å². The van der Waals surface area contributed by atoms with Crippen molar-refractivity contribution in [1.82, 2.24) is 20.0 Å². The first-order valence-corrected chi connectivity index (χ1v) is 8.60. The summed E-state index contributed by atoms with van der Waals surface area (Å²) in [5.41, 5.74) is 5.07. The smallest absolute Gasteiger partial charge is 0.216 e. The second-order valence-corrected chi connectivity index (χ2v) is 6.86. The fraction of sp³-hybridized carbons (Fsp3) is 0.474. The van der Waals surface area contributed by atoms with Crippen molar-refractivity contribution in [2.75, 3.05) is 19.6 Å². The number of likely N-dealkylation sites (tertiary alicyclic amines) is 1. The molecule has 5 nitrogen and oxygen atoms in total. The van der Waals surface area contributed by atoms with E-state index in [9.17, 15) is 4.79 Å². The first-order valence-electron chi connectivity index (χ1n) is 8.60. The minimum Gasteiger partial charge on any atom is -0.356 e. The van der Waals surface area contributed by atoms with Crippen LogP contribution in [0.5, 0.6) is 0 Å². The van der Waals surface area contributed by atoms with Gasteiger partial charge in [-0.05, 0) is 61.6 Å². The van der Waals surface area contributed by atoms with Crippen molar-refractivity contribution < 1.29 is 4.79 Å². The molecule has 1 aliphatic heterocycles. The van der Waals surface area contributed by atoms with E-state index in [4.69, 9.17) is 0 Å². The Morgan fingerprint density at radius 2 is 2.21 bits per heavy atom. The van der Waals surface area contributed by atoms with Gasteiger partial charge in [-0.3, -0.25) is 9.69 Å². The molecule has 3 rings (SSSR count). The Morgan fingerprint density at radius 3 is 2.92 bits per heavy atom. The van der Waals surface area contributed by atoms with Crippen molar-refractivity contribution in [3.63, 3.8) is 0 Å². The standard InChI is InChI=1S/C19H26N4O/c1-14-9-15(2)18(19(10-14)23-7-4-6-21-23)13-22-8-5-17(12-22)11-20-16(3)24/h4,6-7,9-10,17H,5,8,11-13H2,1-3H3,(H,20,24)/t17-/m0/s1. The van der Waals surface area contributed by atoms with Gasteiger partial charge in [-0.1, -0.05) is 6.07 Å². The zero-order valence-corrected chi connectivity index (χ0v) is 14.7. The van der Waals surface area contributed by atoms with Gasteiger partial charge in [0.15, 0.2) is 0 Å². The lowest BCUT2D eigenvalue weighted by molar-refractivity contribution is -0.119. The molecule has 0 aliphatic carbocycles. The minimum atomic E-state index is 0.0591. The van der Waals surface area contributed by atoms with Crippen LogP contribution < -0.4 is 5.32 Å². The largest absolute Gasteiger partial charge is 0.356 e. The molecule has 1 aromatic carbocycles. The van der Waals surface area contributed by atoms with E-state index in [0.29, 0.717) is 5.92 Å². The molecule has 1 aliphatic rings. The zero-order chi connectivity index (χ0) is 17.1. The second-order valence-electron chi connectivity index (χ2n) is 6.86. The molecule has 1 fully saturated rings. The Morgan fingerprint density at radius 1 is 1.38 bits per heavy atom. The van der Waals surface area contributed by atoms with Gasteiger partial charge in [-0.25, -0.2) is 4.68 Å². The Hall–Kier alpha value is -2.14. The Kier molecular flexibility index (Phi) is 5.00. The van der Waals surface area contributed by atoms with E-state index < -0.39 is 0 Å².